The molecule has 0 atom stereocenters. The van der Waals surface area contributed by atoms with Crippen LogP contribution in [0.15, 0.2) is 59.8 Å². The molecule has 0 saturated carbocycles. The number of aromatic nitrogens is 3. The summed E-state index contributed by atoms with van der Waals surface area (Å²) in [5, 5.41) is 11.8. The van der Waals surface area contributed by atoms with Crippen LogP contribution in [0.4, 0.5) is 5.69 Å². The Labute approximate surface area is 155 Å². The first kappa shape index (κ1) is 17.9. The second-order valence-electron chi connectivity index (χ2n) is 5.70. The molecule has 6 nitrogen and oxygen atoms in total. The van der Waals surface area contributed by atoms with Crippen molar-refractivity contribution in [2.75, 3.05) is 11.1 Å². The first-order chi connectivity index (χ1) is 12.5. The first-order valence-corrected chi connectivity index (χ1v) is 9.01. The van der Waals surface area contributed by atoms with E-state index in [-0.39, 0.29) is 11.7 Å². The molecular weight excluding hydrogens is 348 g/mol. The fourth-order valence-electron chi connectivity index (χ4n) is 2.44. The van der Waals surface area contributed by atoms with E-state index >= 15 is 0 Å². The number of nitrogens with zero attached hydrogens (tertiary/aromatic N) is 3. The van der Waals surface area contributed by atoms with Gasteiger partial charge in [-0.3, -0.25) is 9.59 Å². The number of nitrogens with one attached hydrogen (secondary N) is 1. The van der Waals surface area contributed by atoms with Gasteiger partial charge in [0.1, 0.15) is 0 Å². The van der Waals surface area contributed by atoms with Crippen LogP contribution in [-0.4, -0.2) is 32.2 Å². The SMILES string of the molecule is CC(=O)Nc1ccc(-c2nnc(SCC(=O)c3ccccc3)n2C)cc1. The molecule has 0 radical (unpaired) electrons. The predicted molar refractivity (Wildman–Crippen MR) is 102 cm³/mol. The van der Waals surface area contributed by atoms with Gasteiger partial charge >= 0.3 is 0 Å². The van der Waals surface area contributed by atoms with Crippen molar-refractivity contribution in [3.8, 4) is 11.4 Å². The van der Waals surface area contributed by atoms with Crippen molar-refractivity contribution in [1.29, 1.82) is 0 Å². The Bertz CT molecular complexity index is 920. The van der Waals surface area contributed by atoms with Gasteiger partial charge in [-0.2, -0.15) is 0 Å². The fourth-order valence-corrected chi connectivity index (χ4v) is 3.24. The molecule has 0 unspecified atom stereocenters. The molecule has 0 aliphatic rings. The molecule has 7 heteroatoms. The Morgan fingerprint density at radius 2 is 1.73 bits per heavy atom. The summed E-state index contributed by atoms with van der Waals surface area (Å²) in [6, 6.07) is 16.6. The number of benzene rings is 2. The molecule has 1 amide bonds. The highest BCUT2D eigenvalue weighted by atomic mass is 32.2. The average molecular weight is 366 g/mol. The van der Waals surface area contributed by atoms with E-state index in [0.717, 1.165) is 11.3 Å². The number of ketones is 1. The quantitative estimate of drug-likeness (QED) is 0.534. The molecule has 1 heterocycles. The summed E-state index contributed by atoms with van der Waals surface area (Å²) in [6.45, 7) is 1.47. The van der Waals surface area contributed by atoms with E-state index in [9.17, 15) is 9.59 Å². The van der Waals surface area contributed by atoms with Crippen LogP contribution in [0.2, 0.25) is 0 Å². The van der Waals surface area contributed by atoms with Gasteiger partial charge in [0.25, 0.3) is 0 Å². The molecule has 1 aromatic heterocycles. The summed E-state index contributed by atoms with van der Waals surface area (Å²) < 4.78 is 1.86. The van der Waals surface area contributed by atoms with Crippen molar-refractivity contribution in [1.82, 2.24) is 14.8 Å². The Balaban J connectivity index is 1.70. The van der Waals surface area contributed by atoms with Crippen LogP contribution in [-0.2, 0) is 11.8 Å². The van der Waals surface area contributed by atoms with E-state index in [2.05, 4.69) is 15.5 Å². The third-order valence-corrected chi connectivity index (χ3v) is 4.75. The molecule has 132 valence electrons. The number of rotatable bonds is 6. The maximum atomic E-state index is 12.2. The van der Waals surface area contributed by atoms with Gasteiger partial charge in [-0.25, -0.2) is 0 Å². The van der Waals surface area contributed by atoms with Gasteiger partial charge in [0.2, 0.25) is 5.91 Å². The number of amides is 1. The van der Waals surface area contributed by atoms with Crippen LogP contribution >= 0.6 is 11.8 Å². The Morgan fingerprint density at radius 3 is 2.38 bits per heavy atom. The topological polar surface area (TPSA) is 76.9 Å². The highest BCUT2D eigenvalue weighted by Gasteiger charge is 2.13. The van der Waals surface area contributed by atoms with Crippen LogP contribution in [0.25, 0.3) is 11.4 Å². The minimum absolute atomic E-state index is 0.0554. The van der Waals surface area contributed by atoms with Gasteiger partial charge in [-0.15, -0.1) is 10.2 Å². The predicted octanol–water partition coefficient (Wildman–Crippen LogP) is 3.42. The monoisotopic (exact) mass is 366 g/mol. The van der Waals surface area contributed by atoms with Crippen LogP contribution < -0.4 is 5.32 Å². The van der Waals surface area contributed by atoms with Crippen molar-refractivity contribution in [3.63, 3.8) is 0 Å². The molecule has 3 rings (SSSR count). The standard InChI is InChI=1S/C19H18N4O2S/c1-13(24)20-16-10-8-15(9-11-16)18-21-22-19(23(18)2)26-12-17(25)14-6-4-3-5-7-14/h3-11H,12H2,1-2H3,(H,20,24). The number of carbonyl (C=O) groups excluding carboxylic acids is 2. The third kappa shape index (κ3) is 4.18. The maximum absolute atomic E-state index is 12.2. The van der Waals surface area contributed by atoms with Gasteiger partial charge in [0.15, 0.2) is 16.8 Å². The summed E-state index contributed by atoms with van der Waals surface area (Å²) in [4.78, 5) is 23.3. The summed E-state index contributed by atoms with van der Waals surface area (Å²) in [7, 11) is 1.87. The van der Waals surface area contributed by atoms with E-state index in [0.29, 0.717) is 22.3 Å². The lowest BCUT2D eigenvalue weighted by Crippen LogP contribution is -2.05. The normalized spacial score (nSPS) is 10.5. The summed E-state index contributed by atoms with van der Waals surface area (Å²) in [5.41, 5.74) is 2.30. The maximum Gasteiger partial charge on any atom is 0.221 e. The number of Topliss-reactive ketones (excluding diaryl/α,β-unsaturated/α-hetero) is 1. The highest BCUT2D eigenvalue weighted by Crippen LogP contribution is 2.24. The zero-order valence-electron chi connectivity index (χ0n) is 14.5. The van der Waals surface area contributed by atoms with Crippen molar-refractivity contribution in [2.45, 2.75) is 12.1 Å². The smallest absolute Gasteiger partial charge is 0.221 e. The molecule has 0 bridgehead atoms. The van der Waals surface area contributed by atoms with Crippen LogP contribution in [0, 0.1) is 0 Å². The van der Waals surface area contributed by atoms with E-state index < -0.39 is 0 Å². The molecule has 0 aliphatic heterocycles. The highest BCUT2D eigenvalue weighted by molar-refractivity contribution is 7.99. The molecule has 2 aromatic carbocycles. The molecule has 3 aromatic rings. The van der Waals surface area contributed by atoms with Gasteiger partial charge in [-0.1, -0.05) is 42.1 Å². The van der Waals surface area contributed by atoms with Crippen molar-refractivity contribution in [3.05, 3.63) is 60.2 Å². The number of carbonyl (C=O) groups is 2. The number of anilines is 1. The van der Waals surface area contributed by atoms with E-state index in [1.54, 1.807) is 0 Å². The molecular formula is C19H18N4O2S. The molecule has 0 spiro atoms. The van der Waals surface area contributed by atoms with E-state index in [1.807, 2.05) is 66.2 Å². The average Bonchev–Trinajstić information content (AvgIpc) is 3.01. The van der Waals surface area contributed by atoms with Crippen LogP contribution in [0.3, 0.4) is 0 Å². The minimum atomic E-state index is -0.113. The summed E-state index contributed by atoms with van der Waals surface area (Å²) in [6.07, 6.45) is 0. The Kier molecular flexibility index (Phi) is 5.48. The first-order valence-electron chi connectivity index (χ1n) is 8.03. The zero-order chi connectivity index (χ0) is 18.5. The van der Waals surface area contributed by atoms with Gasteiger partial charge in [0, 0.05) is 30.8 Å². The fraction of sp³-hybridized carbons (Fsp3) is 0.158. The number of hydrogen-bond donors (Lipinski definition) is 1. The lowest BCUT2D eigenvalue weighted by Gasteiger charge is -2.06. The molecule has 0 saturated heterocycles. The Morgan fingerprint density at radius 1 is 1.04 bits per heavy atom. The lowest BCUT2D eigenvalue weighted by atomic mass is 10.2. The summed E-state index contributed by atoms with van der Waals surface area (Å²) >= 11 is 1.36. The molecule has 1 N–H and O–H groups in total. The minimum Gasteiger partial charge on any atom is -0.326 e. The largest absolute Gasteiger partial charge is 0.326 e. The number of hydrogen-bond acceptors (Lipinski definition) is 5. The molecule has 0 aliphatic carbocycles. The molecule has 0 fully saturated rings. The zero-order valence-corrected chi connectivity index (χ0v) is 15.3. The Hall–Kier alpha value is -2.93. The van der Waals surface area contributed by atoms with Gasteiger partial charge in [0.05, 0.1) is 5.75 Å². The van der Waals surface area contributed by atoms with E-state index in [1.165, 1.54) is 18.7 Å². The van der Waals surface area contributed by atoms with Crippen molar-refractivity contribution < 1.29 is 9.59 Å². The van der Waals surface area contributed by atoms with Crippen molar-refractivity contribution in [2.24, 2.45) is 7.05 Å². The van der Waals surface area contributed by atoms with E-state index in [4.69, 9.17) is 0 Å². The van der Waals surface area contributed by atoms with Gasteiger partial charge in [-0.05, 0) is 24.3 Å². The lowest BCUT2D eigenvalue weighted by molar-refractivity contribution is -0.114. The van der Waals surface area contributed by atoms with Crippen LogP contribution in [0.1, 0.15) is 17.3 Å². The second kappa shape index (κ2) is 7.97. The number of thioether (sulfide) groups is 1. The third-order valence-electron chi connectivity index (χ3n) is 3.73. The van der Waals surface area contributed by atoms with Crippen molar-refractivity contribution >= 4 is 29.1 Å². The van der Waals surface area contributed by atoms with Crippen LogP contribution in [0.5, 0.6) is 0 Å². The van der Waals surface area contributed by atoms with Gasteiger partial charge < -0.3 is 9.88 Å². The molecule has 26 heavy (non-hydrogen) atoms. The second-order valence-corrected chi connectivity index (χ2v) is 6.64. The summed E-state index contributed by atoms with van der Waals surface area (Å²) in [5.74, 6) is 0.948.